The molecule has 1 aromatic heterocycles. The van der Waals surface area contributed by atoms with Gasteiger partial charge in [-0.15, -0.1) is 0 Å². The molecule has 1 atom stereocenters. The van der Waals surface area contributed by atoms with E-state index in [0.717, 1.165) is 22.5 Å². The second-order valence-corrected chi connectivity index (χ2v) is 5.64. The minimum Gasteiger partial charge on any atom is -0.331 e. The number of hydrogen-bond donors (Lipinski definition) is 1. The minimum absolute atomic E-state index is 0.480. The number of imidazole rings is 1. The number of fused-ring (bicyclic) bond motifs is 1. The number of hydrogen-bond acceptors (Lipinski definition) is 2. The van der Waals surface area contributed by atoms with Crippen LogP contribution in [0.25, 0.3) is 11.0 Å². The summed E-state index contributed by atoms with van der Waals surface area (Å²) in [5.41, 5.74) is 3.65. The van der Waals surface area contributed by atoms with Crippen molar-refractivity contribution >= 4 is 35.0 Å². The number of nitrogens with zero attached hydrogens (tertiary/aromatic N) is 1. The van der Waals surface area contributed by atoms with Crippen molar-refractivity contribution in [1.29, 1.82) is 0 Å². The van der Waals surface area contributed by atoms with E-state index in [4.69, 9.17) is 12.2 Å². The van der Waals surface area contributed by atoms with Gasteiger partial charge in [-0.3, -0.25) is 0 Å². The molecule has 0 amide bonds. The van der Waals surface area contributed by atoms with Gasteiger partial charge in [-0.05, 0) is 49.5 Å². The summed E-state index contributed by atoms with van der Waals surface area (Å²) in [5.74, 6) is 1.10. The summed E-state index contributed by atoms with van der Waals surface area (Å²) in [6.07, 6.45) is 3.25. The Hall–Kier alpha value is -0.740. The first-order valence-corrected chi connectivity index (χ1v) is 7.67. The molecule has 2 nitrogen and oxygen atoms in total. The number of aryl methyl sites for hydroxylation is 1. The van der Waals surface area contributed by atoms with Crippen molar-refractivity contribution < 1.29 is 0 Å². The molecule has 0 radical (unpaired) electrons. The molecular formula is C13H18N2S2. The van der Waals surface area contributed by atoms with Crippen LogP contribution in [0, 0.1) is 11.7 Å². The van der Waals surface area contributed by atoms with Crippen molar-refractivity contribution in [2.45, 2.75) is 26.3 Å². The normalized spacial score (nSPS) is 13.1. The van der Waals surface area contributed by atoms with E-state index in [9.17, 15) is 0 Å². The van der Waals surface area contributed by atoms with Gasteiger partial charge in [-0.25, -0.2) is 0 Å². The second-order valence-electron chi connectivity index (χ2n) is 4.34. The maximum absolute atomic E-state index is 5.45. The summed E-state index contributed by atoms with van der Waals surface area (Å²) in [6, 6.07) is 6.92. The maximum Gasteiger partial charge on any atom is 0.178 e. The fourth-order valence-electron chi connectivity index (χ4n) is 2.16. The van der Waals surface area contributed by atoms with Crippen LogP contribution in [0.4, 0.5) is 0 Å². The SMILES string of the molecule is CCC(CSC)n1c(=S)[nH]c2ccc(C)cc21. The van der Waals surface area contributed by atoms with Gasteiger partial charge in [-0.2, -0.15) is 11.8 Å². The van der Waals surface area contributed by atoms with Gasteiger partial charge < -0.3 is 9.55 Å². The zero-order chi connectivity index (χ0) is 12.4. The van der Waals surface area contributed by atoms with E-state index in [2.05, 4.69) is 47.9 Å². The van der Waals surface area contributed by atoms with Gasteiger partial charge >= 0.3 is 0 Å². The predicted molar refractivity (Wildman–Crippen MR) is 79.6 cm³/mol. The first kappa shape index (κ1) is 12.7. The molecule has 0 aliphatic rings. The third-order valence-electron chi connectivity index (χ3n) is 3.07. The van der Waals surface area contributed by atoms with Crippen LogP contribution in [0.1, 0.15) is 24.9 Å². The van der Waals surface area contributed by atoms with Gasteiger partial charge in [0.2, 0.25) is 0 Å². The molecule has 1 heterocycles. The molecule has 92 valence electrons. The Morgan fingerprint density at radius 3 is 2.88 bits per heavy atom. The lowest BCUT2D eigenvalue weighted by atomic mass is 10.2. The van der Waals surface area contributed by atoms with Crippen molar-refractivity contribution in [3.8, 4) is 0 Å². The number of thioether (sulfide) groups is 1. The molecule has 2 aromatic rings. The van der Waals surface area contributed by atoms with Crippen LogP contribution < -0.4 is 0 Å². The van der Waals surface area contributed by atoms with E-state index in [1.54, 1.807) is 0 Å². The Kier molecular flexibility index (Phi) is 3.94. The fraction of sp³-hybridized carbons (Fsp3) is 0.462. The minimum atomic E-state index is 0.480. The standard InChI is InChI=1S/C13H18N2S2/c1-4-10(8-17-3)15-12-7-9(2)5-6-11(12)14-13(15)16/h5-7,10H,4,8H2,1-3H3,(H,14,16). The van der Waals surface area contributed by atoms with Gasteiger partial charge in [-0.1, -0.05) is 13.0 Å². The van der Waals surface area contributed by atoms with E-state index in [1.165, 1.54) is 11.1 Å². The Bertz CT molecular complexity index is 568. The predicted octanol–water partition coefficient (Wildman–Crippen LogP) is 4.32. The van der Waals surface area contributed by atoms with Gasteiger partial charge in [0.25, 0.3) is 0 Å². The zero-order valence-corrected chi connectivity index (χ0v) is 12.1. The molecular weight excluding hydrogens is 248 g/mol. The number of nitrogens with one attached hydrogen (secondary N) is 1. The largest absolute Gasteiger partial charge is 0.331 e. The third-order valence-corrected chi connectivity index (χ3v) is 4.09. The molecule has 1 unspecified atom stereocenters. The lowest BCUT2D eigenvalue weighted by Gasteiger charge is -2.16. The van der Waals surface area contributed by atoms with Crippen LogP contribution in [-0.2, 0) is 0 Å². The Balaban J connectivity index is 2.62. The molecule has 0 saturated carbocycles. The summed E-state index contributed by atoms with van der Waals surface area (Å²) in [6.45, 7) is 4.34. The van der Waals surface area contributed by atoms with Crippen LogP contribution in [0.3, 0.4) is 0 Å². The summed E-state index contributed by atoms with van der Waals surface area (Å²) < 4.78 is 3.11. The van der Waals surface area contributed by atoms with E-state index >= 15 is 0 Å². The smallest absolute Gasteiger partial charge is 0.178 e. The first-order valence-electron chi connectivity index (χ1n) is 5.87. The van der Waals surface area contributed by atoms with E-state index in [1.807, 2.05) is 11.8 Å². The van der Waals surface area contributed by atoms with Gasteiger partial charge in [0.1, 0.15) is 0 Å². The molecule has 0 fully saturated rings. The Morgan fingerprint density at radius 1 is 1.47 bits per heavy atom. The average molecular weight is 266 g/mol. The van der Waals surface area contributed by atoms with Crippen LogP contribution in [0.2, 0.25) is 0 Å². The Labute approximate surface area is 111 Å². The molecule has 0 spiro atoms. The molecule has 1 aromatic carbocycles. The molecule has 0 saturated heterocycles. The number of aromatic nitrogens is 2. The summed E-state index contributed by atoms with van der Waals surface area (Å²) in [5, 5.41) is 0. The highest BCUT2D eigenvalue weighted by atomic mass is 32.2. The van der Waals surface area contributed by atoms with Gasteiger partial charge in [0, 0.05) is 11.8 Å². The van der Waals surface area contributed by atoms with Gasteiger partial charge in [0.15, 0.2) is 4.77 Å². The molecule has 4 heteroatoms. The molecule has 0 aliphatic carbocycles. The lowest BCUT2D eigenvalue weighted by molar-refractivity contribution is 0.547. The van der Waals surface area contributed by atoms with Crippen molar-refractivity contribution in [3.63, 3.8) is 0 Å². The van der Waals surface area contributed by atoms with Crippen LogP contribution in [0.15, 0.2) is 18.2 Å². The summed E-state index contributed by atoms with van der Waals surface area (Å²) in [4.78, 5) is 3.30. The highest BCUT2D eigenvalue weighted by Crippen LogP contribution is 2.24. The topological polar surface area (TPSA) is 20.7 Å². The first-order chi connectivity index (χ1) is 8.17. The fourth-order valence-corrected chi connectivity index (χ4v) is 3.29. The number of H-pyrrole nitrogens is 1. The molecule has 0 aliphatic heterocycles. The molecule has 2 rings (SSSR count). The van der Waals surface area contributed by atoms with E-state index in [-0.39, 0.29) is 0 Å². The maximum atomic E-state index is 5.45. The van der Waals surface area contributed by atoms with Crippen LogP contribution in [-0.4, -0.2) is 21.6 Å². The molecule has 0 bridgehead atoms. The highest BCUT2D eigenvalue weighted by Gasteiger charge is 2.13. The molecule has 17 heavy (non-hydrogen) atoms. The number of rotatable bonds is 4. The van der Waals surface area contributed by atoms with Crippen LogP contribution >= 0.6 is 24.0 Å². The lowest BCUT2D eigenvalue weighted by Crippen LogP contribution is -2.10. The van der Waals surface area contributed by atoms with E-state index in [0.29, 0.717) is 6.04 Å². The third kappa shape index (κ3) is 2.43. The van der Waals surface area contributed by atoms with Crippen molar-refractivity contribution in [2.24, 2.45) is 0 Å². The van der Waals surface area contributed by atoms with Crippen molar-refractivity contribution in [3.05, 3.63) is 28.5 Å². The average Bonchev–Trinajstić information content (AvgIpc) is 2.62. The monoisotopic (exact) mass is 266 g/mol. The van der Waals surface area contributed by atoms with Crippen molar-refractivity contribution in [1.82, 2.24) is 9.55 Å². The van der Waals surface area contributed by atoms with Crippen LogP contribution in [0.5, 0.6) is 0 Å². The quantitative estimate of drug-likeness (QED) is 0.832. The highest BCUT2D eigenvalue weighted by molar-refractivity contribution is 7.98. The summed E-state index contributed by atoms with van der Waals surface area (Å²) >= 11 is 7.32. The number of benzene rings is 1. The van der Waals surface area contributed by atoms with Crippen molar-refractivity contribution in [2.75, 3.05) is 12.0 Å². The second kappa shape index (κ2) is 5.27. The molecule has 1 N–H and O–H groups in total. The zero-order valence-electron chi connectivity index (χ0n) is 10.5. The summed E-state index contributed by atoms with van der Waals surface area (Å²) in [7, 11) is 0. The number of aromatic amines is 1. The van der Waals surface area contributed by atoms with E-state index < -0.39 is 0 Å². The Morgan fingerprint density at radius 2 is 2.24 bits per heavy atom. The van der Waals surface area contributed by atoms with Gasteiger partial charge in [0.05, 0.1) is 11.0 Å².